The summed E-state index contributed by atoms with van der Waals surface area (Å²) in [5.41, 5.74) is 21.5. The van der Waals surface area contributed by atoms with E-state index in [1.54, 1.807) is 0 Å². The Hall–Kier alpha value is -7.42. The number of para-hydroxylation sites is 1. The first-order valence-electron chi connectivity index (χ1n) is 20.8. The number of benzene rings is 9. The van der Waals surface area contributed by atoms with Gasteiger partial charge in [-0.2, -0.15) is 0 Å². The zero-order chi connectivity index (χ0) is 38.7. The summed E-state index contributed by atoms with van der Waals surface area (Å²) in [5, 5.41) is 2.44. The number of anilines is 5. The minimum absolute atomic E-state index is 0.229. The van der Waals surface area contributed by atoms with E-state index in [-0.39, 0.29) is 6.04 Å². The maximum Gasteiger partial charge on any atom is 0.0726 e. The van der Waals surface area contributed by atoms with Gasteiger partial charge in [-0.3, -0.25) is 0 Å². The lowest BCUT2D eigenvalue weighted by Crippen LogP contribution is -2.29. The molecule has 59 heavy (non-hydrogen) atoms. The fraction of sp³-hybridized carbons (Fsp3) is 0.0526. The Morgan fingerprint density at radius 3 is 1.78 bits per heavy atom. The Labute approximate surface area is 344 Å². The lowest BCUT2D eigenvalue weighted by Gasteiger charge is -2.42. The molecule has 1 unspecified atom stereocenters. The lowest BCUT2D eigenvalue weighted by atomic mass is 9.70. The standard InChI is InChI=1S/C57H38N2/c1-2-18-42-37(14-1)15-12-28-53(42)58(39-30-32-40(33-31-39)59-54-27-10-6-22-47(54)48-23-11-16-38-17-13-29-55(59)56(38)48)41-34-35-46-45-21-5-9-26-51(45)57(52(46)36-41)49-24-7-3-19-43(49)44-20-4-8-25-50(44)57/h1-28,30-36,55H,29H2. The molecule has 1 spiro atoms. The van der Waals surface area contributed by atoms with Crippen molar-refractivity contribution in [2.75, 3.05) is 9.80 Å². The predicted molar refractivity (Wildman–Crippen MR) is 245 cm³/mol. The van der Waals surface area contributed by atoms with E-state index < -0.39 is 5.41 Å². The second-order valence-corrected chi connectivity index (χ2v) is 16.3. The Bertz CT molecular complexity index is 3160. The molecule has 2 nitrogen and oxygen atoms in total. The fourth-order valence-corrected chi connectivity index (χ4v) is 11.2. The Balaban J connectivity index is 1.02. The van der Waals surface area contributed by atoms with Crippen LogP contribution in [-0.4, -0.2) is 0 Å². The zero-order valence-electron chi connectivity index (χ0n) is 32.4. The van der Waals surface area contributed by atoms with E-state index in [1.165, 1.54) is 88.9 Å². The monoisotopic (exact) mass is 750 g/mol. The van der Waals surface area contributed by atoms with Gasteiger partial charge in [0.2, 0.25) is 0 Å². The van der Waals surface area contributed by atoms with Crippen LogP contribution < -0.4 is 9.80 Å². The largest absolute Gasteiger partial charge is 0.333 e. The molecule has 1 atom stereocenters. The van der Waals surface area contributed by atoms with Crippen molar-refractivity contribution in [2.24, 2.45) is 0 Å². The van der Waals surface area contributed by atoms with Crippen molar-refractivity contribution in [3.8, 4) is 33.4 Å². The summed E-state index contributed by atoms with van der Waals surface area (Å²) >= 11 is 0. The van der Waals surface area contributed by atoms with Gasteiger partial charge < -0.3 is 9.80 Å². The highest BCUT2D eigenvalue weighted by atomic mass is 15.2. The van der Waals surface area contributed by atoms with Gasteiger partial charge in [0.05, 0.1) is 17.1 Å². The molecular formula is C57H38N2. The summed E-state index contributed by atoms with van der Waals surface area (Å²) in [6, 6.07) is 75.1. The van der Waals surface area contributed by atoms with Crippen molar-refractivity contribution in [3.05, 3.63) is 240 Å². The highest BCUT2D eigenvalue weighted by Gasteiger charge is 2.51. The molecule has 276 valence electrons. The first kappa shape index (κ1) is 32.6. The molecule has 4 aliphatic rings. The molecule has 3 aliphatic carbocycles. The van der Waals surface area contributed by atoms with Crippen LogP contribution in [0.2, 0.25) is 0 Å². The fourth-order valence-electron chi connectivity index (χ4n) is 11.2. The van der Waals surface area contributed by atoms with Crippen molar-refractivity contribution in [3.63, 3.8) is 0 Å². The maximum atomic E-state index is 2.57. The van der Waals surface area contributed by atoms with E-state index in [2.05, 4.69) is 222 Å². The summed E-state index contributed by atoms with van der Waals surface area (Å²) in [7, 11) is 0. The molecule has 0 radical (unpaired) electrons. The lowest BCUT2D eigenvalue weighted by molar-refractivity contribution is 0.696. The molecule has 0 aromatic heterocycles. The first-order valence-corrected chi connectivity index (χ1v) is 20.8. The molecule has 9 aromatic carbocycles. The maximum absolute atomic E-state index is 2.57. The van der Waals surface area contributed by atoms with Crippen molar-refractivity contribution < 1.29 is 0 Å². The molecular weight excluding hydrogens is 713 g/mol. The SMILES string of the molecule is C1=Cc2cccc3c2C(C1)N(c1ccc(N(c2ccc4c(c2)C2(c5ccccc5-c5ccccc52)c2ccccc2-4)c2cccc4ccccc24)cc1)c1ccccc1-3. The van der Waals surface area contributed by atoms with Crippen LogP contribution in [0.25, 0.3) is 50.2 Å². The molecule has 0 N–H and O–H groups in total. The highest BCUT2D eigenvalue weighted by molar-refractivity contribution is 6.01. The summed E-state index contributed by atoms with van der Waals surface area (Å²) < 4.78 is 0. The van der Waals surface area contributed by atoms with E-state index in [0.29, 0.717) is 0 Å². The number of nitrogens with zero attached hydrogens (tertiary/aromatic N) is 2. The minimum Gasteiger partial charge on any atom is -0.333 e. The van der Waals surface area contributed by atoms with Gasteiger partial charge in [0.15, 0.2) is 0 Å². The number of rotatable bonds is 4. The average molecular weight is 751 g/mol. The average Bonchev–Trinajstić information content (AvgIpc) is 3.77. The van der Waals surface area contributed by atoms with E-state index in [9.17, 15) is 0 Å². The van der Waals surface area contributed by atoms with Gasteiger partial charge >= 0.3 is 0 Å². The number of fused-ring (bicyclic) bond motifs is 13. The predicted octanol–water partition coefficient (Wildman–Crippen LogP) is 14.9. The summed E-state index contributed by atoms with van der Waals surface area (Å²) in [6.45, 7) is 0. The molecule has 9 aromatic rings. The Morgan fingerprint density at radius 2 is 1.03 bits per heavy atom. The van der Waals surface area contributed by atoms with Gasteiger partial charge in [0.1, 0.15) is 0 Å². The normalized spacial score (nSPS) is 15.6. The highest BCUT2D eigenvalue weighted by Crippen LogP contribution is 2.63. The van der Waals surface area contributed by atoms with Crippen molar-refractivity contribution in [2.45, 2.75) is 17.9 Å². The van der Waals surface area contributed by atoms with Crippen LogP contribution in [0.15, 0.2) is 206 Å². The van der Waals surface area contributed by atoms with Crippen LogP contribution >= 0.6 is 0 Å². The van der Waals surface area contributed by atoms with Gasteiger partial charge in [-0.25, -0.2) is 0 Å². The number of hydrogen-bond acceptors (Lipinski definition) is 2. The Morgan fingerprint density at radius 1 is 0.458 bits per heavy atom. The van der Waals surface area contributed by atoms with Crippen LogP contribution in [0, 0.1) is 0 Å². The molecule has 0 saturated heterocycles. The molecule has 0 fully saturated rings. The van der Waals surface area contributed by atoms with Crippen LogP contribution in [0.1, 0.15) is 45.8 Å². The van der Waals surface area contributed by atoms with Gasteiger partial charge in [-0.05, 0) is 122 Å². The molecule has 0 saturated carbocycles. The van der Waals surface area contributed by atoms with Gasteiger partial charge in [-0.15, -0.1) is 0 Å². The van der Waals surface area contributed by atoms with Crippen LogP contribution in [-0.2, 0) is 5.41 Å². The third-order valence-electron chi connectivity index (χ3n) is 13.5. The van der Waals surface area contributed by atoms with E-state index in [1.807, 2.05) is 0 Å². The molecule has 13 rings (SSSR count). The van der Waals surface area contributed by atoms with Crippen molar-refractivity contribution >= 4 is 45.3 Å². The molecule has 2 heteroatoms. The second-order valence-electron chi connectivity index (χ2n) is 16.3. The smallest absolute Gasteiger partial charge is 0.0726 e. The second kappa shape index (κ2) is 12.3. The van der Waals surface area contributed by atoms with E-state index >= 15 is 0 Å². The molecule has 0 bridgehead atoms. The number of hydrogen-bond donors (Lipinski definition) is 0. The van der Waals surface area contributed by atoms with Crippen LogP contribution in [0.5, 0.6) is 0 Å². The minimum atomic E-state index is -0.422. The molecule has 0 amide bonds. The van der Waals surface area contributed by atoms with Crippen LogP contribution in [0.4, 0.5) is 28.4 Å². The summed E-state index contributed by atoms with van der Waals surface area (Å²) in [4.78, 5) is 5.05. The van der Waals surface area contributed by atoms with Crippen LogP contribution in [0.3, 0.4) is 0 Å². The van der Waals surface area contributed by atoms with Gasteiger partial charge in [0.25, 0.3) is 0 Å². The molecule has 1 aliphatic heterocycles. The third kappa shape index (κ3) is 4.41. The quantitative estimate of drug-likeness (QED) is 0.177. The van der Waals surface area contributed by atoms with Crippen molar-refractivity contribution in [1.29, 1.82) is 0 Å². The first-order chi connectivity index (χ1) is 29.3. The molecule has 1 heterocycles. The third-order valence-corrected chi connectivity index (χ3v) is 13.5. The summed E-state index contributed by atoms with van der Waals surface area (Å²) in [5.74, 6) is 0. The topological polar surface area (TPSA) is 6.48 Å². The van der Waals surface area contributed by atoms with Gasteiger partial charge in [-0.1, -0.05) is 164 Å². The van der Waals surface area contributed by atoms with Gasteiger partial charge in [0, 0.05) is 33.7 Å². The van der Waals surface area contributed by atoms with E-state index in [4.69, 9.17) is 0 Å². The van der Waals surface area contributed by atoms with E-state index in [0.717, 1.165) is 23.5 Å². The zero-order valence-corrected chi connectivity index (χ0v) is 32.4. The van der Waals surface area contributed by atoms with Crippen molar-refractivity contribution in [1.82, 2.24) is 0 Å². The summed E-state index contributed by atoms with van der Waals surface area (Å²) in [6.07, 6.45) is 5.61. The Kier molecular flexibility index (Phi) is 6.80.